The molecule has 0 unspecified atom stereocenters. The van der Waals surface area contributed by atoms with Crippen LogP contribution in [-0.2, 0) is 10.0 Å². The Morgan fingerprint density at radius 1 is 1.12 bits per heavy atom. The van der Waals surface area contributed by atoms with Crippen molar-refractivity contribution < 1.29 is 27.3 Å². The predicted molar refractivity (Wildman–Crippen MR) is 115 cm³/mol. The van der Waals surface area contributed by atoms with Crippen LogP contribution in [0.1, 0.15) is 23.0 Å². The van der Waals surface area contributed by atoms with Crippen molar-refractivity contribution in [1.82, 2.24) is 5.43 Å². The second kappa shape index (κ2) is 9.75. The first kappa shape index (κ1) is 22.5. The smallest absolute Gasteiger partial charge is 0.433 e. The lowest BCUT2D eigenvalue weighted by atomic mass is 10.2. The number of carbonyl (C=O) groups excluding carboxylic acids is 1. The Balaban J connectivity index is 1.60. The molecule has 0 fully saturated rings. The van der Waals surface area contributed by atoms with Gasteiger partial charge >= 0.3 is 5.88 Å². The highest BCUT2D eigenvalue weighted by atomic mass is 32.2. The highest BCUT2D eigenvalue weighted by Gasteiger charge is 2.15. The number of anilines is 1. The van der Waals surface area contributed by atoms with Crippen LogP contribution in [0, 0.1) is 10.1 Å². The molecule has 0 radical (unpaired) electrons. The van der Waals surface area contributed by atoms with Gasteiger partial charge in [0.2, 0.25) is 0 Å². The van der Waals surface area contributed by atoms with Gasteiger partial charge in [-0.1, -0.05) is 0 Å². The van der Waals surface area contributed by atoms with Crippen molar-refractivity contribution in [2.75, 3.05) is 11.3 Å². The first-order chi connectivity index (χ1) is 15.3. The van der Waals surface area contributed by atoms with Gasteiger partial charge in [-0.2, -0.15) is 5.10 Å². The average Bonchev–Trinajstić information content (AvgIpc) is 3.24. The average molecular weight is 458 g/mol. The molecule has 1 amide bonds. The SMILES string of the molecule is CCOc1ccc(S(=O)(=O)Nc2ccc(C(=O)NN=Cc3ccc([N+](=O)[O-])o3)cc2)cc1. The number of nitrogens with zero attached hydrogens (tertiary/aromatic N) is 2. The highest BCUT2D eigenvalue weighted by Crippen LogP contribution is 2.20. The molecule has 11 nitrogen and oxygen atoms in total. The fourth-order valence-corrected chi connectivity index (χ4v) is 3.57. The minimum atomic E-state index is -3.82. The van der Waals surface area contributed by atoms with Gasteiger partial charge in [0.25, 0.3) is 15.9 Å². The second-order valence-electron chi connectivity index (χ2n) is 6.22. The Labute approximate surface area is 182 Å². The van der Waals surface area contributed by atoms with Crippen LogP contribution in [0.3, 0.4) is 0 Å². The number of hydrogen-bond donors (Lipinski definition) is 2. The Bertz CT molecular complexity index is 1230. The van der Waals surface area contributed by atoms with Crippen LogP contribution in [0.15, 0.2) is 75.1 Å². The molecule has 0 saturated heterocycles. The normalized spacial score (nSPS) is 11.3. The first-order valence-corrected chi connectivity index (χ1v) is 10.7. The minimum absolute atomic E-state index is 0.0651. The predicted octanol–water partition coefficient (Wildman–Crippen LogP) is 3.15. The van der Waals surface area contributed by atoms with E-state index in [2.05, 4.69) is 15.2 Å². The van der Waals surface area contributed by atoms with Crippen LogP contribution < -0.4 is 14.9 Å². The second-order valence-corrected chi connectivity index (χ2v) is 7.90. The van der Waals surface area contributed by atoms with Crippen molar-refractivity contribution >= 4 is 33.7 Å². The van der Waals surface area contributed by atoms with Crippen molar-refractivity contribution in [2.45, 2.75) is 11.8 Å². The largest absolute Gasteiger partial charge is 0.494 e. The van der Waals surface area contributed by atoms with E-state index in [1.807, 2.05) is 6.92 Å². The van der Waals surface area contributed by atoms with Gasteiger partial charge in [0.05, 0.1) is 23.8 Å². The zero-order valence-corrected chi connectivity index (χ0v) is 17.5. The third-order valence-corrected chi connectivity index (χ3v) is 5.39. The van der Waals surface area contributed by atoms with Gasteiger partial charge in [0.15, 0.2) is 5.76 Å². The van der Waals surface area contributed by atoms with Gasteiger partial charge in [-0.3, -0.25) is 19.6 Å². The molecular weight excluding hydrogens is 440 g/mol. The van der Waals surface area contributed by atoms with E-state index in [4.69, 9.17) is 9.15 Å². The molecule has 0 atom stereocenters. The van der Waals surface area contributed by atoms with E-state index in [0.29, 0.717) is 12.4 Å². The Kier molecular flexibility index (Phi) is 6.85. The molecule has 0 saturated carbocycles. The molecule has 166 valence electrons. The number of benzene rings is 2. The summed E-state index contributed by atoms with van der Waals surface area (Å²) in [5.41, 5.74) is 2.73. The van der Waals surface area contributed by atoms with E-state index in [-0.39, 0.29) is 21.9 Å². The summed E-state index contributed by atoms with van der Waals surface area (Å²) < 4.78 is 37.6. The summed E-state index contributed by atoms with van der Waals surface area (Å²) in [6, 6.07) is 14.2. The van der Waals surface area contributed by atoms with E-state index in [0.717, 1.165) is 12.3 Å². The topological polar surface area (TPSA) is 153 Å². The summed E-state index contributed by atoms with van der Waals surface area (Å²) in [5, 5.41) is 14.2. The maximum atomic E-state index is 12.5. The van der Waals surface area contributed by atoms with Gasteiger partial charge in [-0.05, 0) is 61.5 Å². The summed E-state index contributed by atoms with van der Waals surface area (Å²) in [7, 11) is -3.82. The van der Waals surface area contributed by atoms with Crippen LogP contribution in [0.25, 0.3) is 0 Å². The molecule has 0 bridgehead atoms. The van der Waals surface area contributed by atoms with Gasteiger partial charge in [0, 0.05) is 11.3 Å². The van der Waals surface area contributed by atoms with Crippen molar-refractivity contribution in [3.63, 3.8) is 0 Å². The molecule has 0 aliphatic carbocycles. The fourth-order valence-electron chi connectivity index (χ4n) is 2.51. The van der Waals surface area contributed by atoms with Crippen LogP contribution in [0.5, 0.6) is 5.75 Å². The Morgan fingerprint density at radius 2 is 1.81 bits per heavy atom. The number of furan rings is 1. The maximum Gasteiger partial charge on any atom is 0.433 e. The molecule has 0 aliphatic rings. The van der Waals surface area contributed by atoms with Crippen LogP contribution in [0.4, 0.5) is 11.6 Å². The molecule has 2 N–H and O–H groups in total. The minimum Gasteiger partial charge on any atom is -0.494 e. The van der Waals surface area contributed by atoms with Gasteiger partial charge < -0.3 is 9.15 Å². The summed E-state index contributed by atoms with van der Waals surface area (Å²) in [6.45, 7) is 2.30. The number of sulfonamides is 1. The lowest BCUT2D eigenvalue weighted by Crippen LogP contribution is -2.18. The molecule has 12 heteroatoms. The molecular formula is C20H18N4O7S. The quantitative estimate of drug-likeness (QED) is 0.284. The molecule has 32 heavy (non-hydrogen) atoms. The first-order valence-electron chi connectivity index (χ1n) is 9.22. The number of amides is 1. The van der Waals surface area contributed by atoms with E-state index >= 15 is 0 Å². The Hall–Kier alpha value is -4.19. The third kappa shape index (κ3) is 5.70. The summed E-state index contributed by atoms with van der Waals surface area (Å²) in [4.78, 5) is 22.1. The summed E-state index contributed by atoms with van der Waals surface area (Å²) in [5.74, 6) is -0.352. The van der Waals surface area contributed by atoms with Crippen LogP contribution >= 0.6 is 0 Å². The fraction of sp³-hybridized carbons (Fsp3) is 0.100. The molecule has 0 spiro atoms. The van der Waals surface area contributed by atoms with Crippen molar-refractivity contribution in [1.29, 1.82) is 0 Å². The molecule has 3 rings (SSSR count). The lowest BCUT2D eigenvalue weighted by Gasteiger charge is -2.09. The third-order valence-electron chi connectivity index (χ3n) is 3.99. The molecule has 1 aromatic heterocycles. The molecule has 2 aromatic carbocycles. The highest BCUT2D eigenvalue weighted by molar-refractivity contribution is 7.92. The summed E-state index contributed by atoms with van der Waals surface area (Å²) in [6.07, 6.45) is 1.12. The summed E-state index contributed by atoms with van der Waals surface area (Å²) >= 11 is 0. The van der Waals surface area contributed by atoms with Crippen molar-refractivity contribution in [3.8, 4) is 5.75 Å². The Morgan fingerprint density at radius 3 is 2.41 bits per heavy atom. The van der Waals surface area contributed by atoms with Crippen molar-refractivity contribution in [2.24, 2.45) is 5.10 Å². The van der Waals surface area contributed by atoms with Crippen LogP contribution in [0.2, 0.25) is 0 Å². The molecule has 0 aliphatic heterocycles. The van der Waals surface area contributed by atoms with Gasteiger partial charge in [0.1, 0.15) is 10.7 Å². The zero-order valence-electron chi connectivity index (χ0n) is 16.7. The monoisotopic (exact) mass is 458 g/mol. The van der Waals surface area contributed by atoms with E-state index < -0.39 is 26.7 Å². The molecule has 1 heterocycles. The number of nitro groups is 1. The standard InChI is InChI=1S/C20H18N4O7S/c1-2-30-16-7-10-18(11-8-16)32(28,29)23-15-5-3-14(4-6-15)20(25)22-21-13-17-9-12-19(31-17)24(26)27/h3-13,23H,2H2,1H3,(H,22,25). The number of hydrazone groups is 1. The molecule has 3 aromatic rings. The number of ether oxygens (including phenoxy) is 1. The van der Waals surface area contributed by atoms with Crippen molar-refractivity contribution in [3.05, 3.63) is 82.1 Å². The van der Waals surface area contributed by atoms with Gasteiger partial charge in [-0.15, -0.1) is 0 Å². The maximum absolute atomic E-state index is 12.5. The number of carbonyl (C=O) groups is 1. The number of hydrogen-bond acceptors (Lipinski definition) is 8. The number of rotatable bonds is 9. The number of nitrogens with one attached hydrogen (secondary N) is 2. The van der Waals surface area contributed by atoms with E-state index in [9.17, 15) is 23.3 Å². The van der Waals surface area contributed by atoms with Crippen LogP contribution in [-0.4, -0.2) is 32.1 Å². The van der Waals surface area contributed by atoms with E-state index in [1.165, 1.54) is 42.5 Å². The lowest BCUT2D eigenvalue weighted by molar-refractivity contribution is -0.402. The zero-order chi connectivity index (χ0) is 23.1. The van der Waals surface area contributed by atoms with Gasteiger partial charge in [-0.25, -0.2) is 13.8 Å². The van der Waals surface area contributed by atoms with E-state index in [1.54, 1.807) is 12.1 Å².